The van der Waals surface area contributed by atoms with Crippen molar-refractivity contribution in [3.05, 3.63) is 27.9 Å². The van der Waals surface area contributed by atoms with Gasteiger partial charge in [0.25, 0.3) is 0 Å². The topological polar surface area (TPSA) is 25.0 Å². The molecule has 86 valence electrons. The number of rotatable bonds is 3. The van der Waals surface area contributed by atoms with Gasteiger partial charge in [-0.15, -0.1) is 0 Å². The highest BCUT2D eigenvalue weighted by atomic mass is 35.5. The van der Waals surface area contributed by atoms with Gasteiger partial charge in [0.1, 0.15) is 19.0 Å². The van der Waals surface area contributed by atoms with E-state index in [1.54, 1.807) is 6.07 Å². The van der Waals surface area contributed by atoms with Crippen LogP contribution in [0.3, 0.4) is 0 Å². The molecular formula is C11H10Cl2FNO. The normalized spacial score (nSPS) is 11.0. The van der Waals surface area contributed by atoms with E-state index in [0.717, 1.165) is 16.5 Å². The van der Waals surface area contributed by atoms with Gasteiger partial charge >= 0.3 is 0 Å². The van der Waals surface area contributed by atoms with E-state index in [1.165, 1.54) is 0 Å². The summed E-state index contributed by atoms with van der Waals surface area (Å²) in [6, 6.07) is 1.61. The van der Waals surface area contributed by atoms with Gasteiger partial charge < -0.3 is 9.72 Å². The van der Waals surface area contributed by atoms with E-state index in [1.807, 2.05) is 13.1 Å². The van der Waals surface area contributed by atoms with E-state index in [2.05, 4.69) is 4.98 Å². The van der Waals surface area contributed by atoms with Crippen molar-refractivity contribution in [2.75, 3.05) is 13.3 Å². The fourth-order valence-electron chi connectivity index (χ4n) is 1.64. The largest absolute Gasteiger partial charge is 0.490 e. The molecule has 0 fully saturated rings. The smallest absolute Gasteiger partial charge is 0.130 e. The van der Waals surface area contributed by atoms with Gasteiger partial charge in [0.15, 0.2) is 0 Å². The molecule has 0 unspecified atom stereocenters. The summed E-state index contributed by atoms with van der Waals surface area (Å²) in [5.41, 5.74) is 1.71. The molecule has 0 aliphatic rings. The van der Waals surface area contributed by atoms with Crippen molar-refractivity contribution in [2.24, 2.45) is 0 Å². The molecule has 1 aromatic carbocycles. The zero-order valence-electron chi connectivity index (χ0n) is 8.61. The second kappa shape index (κ2) is 4.52. The van der Waals surface area contributed by atoms with Crippen molar-refractivity contribution in [3.8, 4) is 5.75 Å². The number of hydrogen-bond acceptors (Lipinski definition) is 1. The molecule has 2 rings (SSSR count). The third-order valence-electron chi connectivity index (χ3n) is 2.35. The fourth-order valence-corrected chi connectivity index (χ4v) is 2.04. The van der Waals surface area contributed by atoms with E-state index in [0.29, 0.717) is 15.8 Å². The maximum atomic E-state index is 12.1. The number of ether oxygens (including phenoxy) is 1. The Morgan fingerprint density at radius 1 is 1.44 bits per heavy atom. The molecule has 1 heterocycles. The molecule has 0 radical (unpaired) electrons. The summed E-state index contributed by atoms with van der Waals surface area (Å²) in [5.74, 6) is 0.556. The predicted octanol–water partition coefficient (Wildman–Crippen LogP) is 4.13. The molecule has 0 saturated heterocycles. The monoisotopic (exact) mass is 261 g/mol. The number of hydrogen-bond donors (Lipinski definition) is 1. The Bertz CT molecular complexity index is 524. The van der Waals surface area contributed by atoms with Crippen LogP contribution in [0, 0.1) is 6.92 Å². The van der Waals surface area contributed by atoms with Crippen molar-refractivity contribution < 1.29 is 9.13 Å². The Hall–Kier alpha value is -0.930. The van der Waals surface area contributed by atoms with E-state index in [9.17, 15) is 4.39 Å². The number of aryl methyl sites for hydroxylation is 1. The summed E-state index contributed by atoms with van der Waals surface area (Å²) in [7, 11) is 0. The minimum atomic E-state index is -0.536. The van der Waals surface area contributed by atoms with Crippen molar-refractivity contribution in [2.45, 2.75) is 6.92 Å². The van der Waals surface area contributed by atoms with Gasteiger partial charge in [-0.05, 0) is 12.5 Å². The summed E-state index contributed by atoms with van der Waals surface area (Å²) < 4.78 is 17.4. The maximum absolute atomic E-state index is 12.1. The van der Waals surface area contributed by atoms with E-state index in [4.69, 9.17) is 27.9 Å². The first-order valence-electron chi connectivity index (χ1n) is 4.79. The third kappa shape index (κ3) is 1.85. The lowest BCUT2D eigenvalue weighted by Gasteiger charge is -2.08. The second-order valence-corrected chi connectivity index (χ2v) is 4.21. The molecule has 0 spiro atoms. The first-order valence-corrected chi connectivity index (χ1v) is 5.55. The number of aromatic amines is 1. The van der Waals surface area contributed by atoms with Crippen molar-refractivity contribution in [1.29, 1.82) is 0 Å². The van der Waals surface area contributed by atoms with E-state index < -0.39 is 6.67 Å². The Balaban J connectivity index is 2.62. The summed E-state index contributed by atoms with van der Waals surface area (Å²) >= 11 is 12.0. The Morgan fingerprint density at radius 3 is 2.88 bits per heavy atom. The van der Waals surface area contributed by atoms with Crippen LogP contribution in [0.2, 0.25) is 10.0 Å². The molecule has 1 N–H and O–H groups in total. The highest BCUT2D eigenvalue weighted by Crippen LogP contribution is 2.38. The van der Waals surface area contributed by atoms with Crippen LogP contribution in [-0.4, -0.2) is 18.3 Å². The van der Waals surface area contributed by atoms with Crippen LogP contribution in [0.1, 0.15) is 5.56 Å². The predicted molar refractivity (Wildman–Crippen MR) is 64.5 cm³/mol. The number of benzene rings is 1. The van der Waals surface area contributed by atoms with Gasteiger partial charge in [-0.2, -0.15) is 0 Å². The molecule has 16 heavy (non-hydrogen) atoms. The van der Waals surface area contributed by atoms with Gasteiger partial charge in [0.2, 0.25) is 0 Å². The number of alkyl halides is 1. The van der Waals surface area contributed by atoms with Crippen LogP contribution in [-0.2, 0) is 0 Å². The molecule has 0 aliphatic heterocycles. The molecular weight excluding hydrogens is 252 g/mol. The van der Waals surface area contributed by atoms with Crippen LogP contribution in [0.4, 0.5) is 4.39 Å². The quantitative estimate of drug-likeness (QED) is 0.883. The molecule has 0 atom stereocenters. The Morgan fingerprint density at radius 2 is 2.19 bits per heavy atom. The molecule has 0 amide bonds. The van der Waals surface area contributed by atoms with E-state index >= 15 is 0 Å². The van der Waals surface area contributed by atoms with Crippen molar-refractivity contribution >= 4 is 34.1 Å². The standard InChI is InChI=1S/C11H10Cl2FNO/c1-6-5-15-11-9(6)8(16-3-2-14)4-7(12)10(11)13/h4-5,15H,2-3H2,1H3. The van der Waals surface area contributed by atoms with Gasteiger partial charge in [-0.1, -0.05) is 23.2 Å². The highest BCUT2D eigenvalue weighted by molar-refractivity contribution is 6.45. The minimum Gasteiger partial charge on any atom is -0.490 e. The second-order valence-electron chi connectivity index (χ2n) is 3.43. The summed E-state index contributed by atoms with van der Waals surface area (Å²) in [5, 5.41) is 1.70. The first-order chi connectivity index (χ1) is 7.65. The minimum absolute atomic E-state index is 0.0116. The number of halogens is 3. The van der Waals surface area contributed by atoms with Crippen LogP contribution in [0.5, 0.6) is 5.75 Å². The molecule has 0 aliphatic carbocycles. The molecule has 0 bridgehead atoms. The number of aromatic nitrogens is 1. The molecule has 2 aromatic rings. The SMILES string of the molecule is Cc1c[nH]c2c(Cl)c(Cl)cc(OCCF)c12. The summed E-state index contributed by atoms with van der Waals surface area (Å²) in [6.07, 6.45) is 1.81. The Labute approximate surface area is 102 Å². The molecule has 0 saturated carbocycles. The molecule has 1 aromatic heterocycles. The molecule has 2 nitrogen and oxygen atoms in total. The number of fused-ring (bicyclic) bond motifs is 1. The van der Waals surface area contributed by atoms with Crippen LogP contribution in [0.15, 0.2) is 12.3 Å². The lowest BCUT2D eigenvalue weighted by atomic mass is 10.2. The van der Waals surface area contributed by atoms with Gasteiger partial charge in [-0.3, -0.25) is 0 Å². The lowest BCUT2D eigenvalue weighted by molar-refractivity contribution is 0.276. The van der Waals surface area contributed by atoms with Gasteiger partial charge in [-0.25, -0.2) is 4.39 Å². The highest BCUT2D eigenvalue weighted by Gasteiger charge is 2.13. The van der Waals surface area contributed by atoms with Crippen LogP contribution >= 0.6 is 23.2 Å². The average molecular weight is 262 g/mol. The van der Waals surface area contributed by atoms with Gasteiger partial charge in [0, 0.05) is 17.6 Å². The third-order valence-corrected chi connectivity index (χ3v) is 3.13. The summed E-state index contributed by atoms with van der Waals surface area (Å²) in [4.78, 5) is 3.02. The van der Waals surface area contributed by atoms with E-state index in [-0.39, 0.29) is 6.61 Å². The molecule has 5 heteroatoms. The van der Waals surface area contributed by atoms with Crippen LogP contribution < -0.4 is 4.74 Å². The fraction of sp³-hybridized carbons (Fsp3) is 0.273. The van der Waals surface area contributed by atoms with Gasteiger partial charge in [0.05, 0.1) is 15.6 Å². The van der Waals surface area contributed by atoms with Crippen molar-refractivity contribution in [3.63, 3.8) is 0 Å². The van der Waals surface area contributed by atoms with Crippen LogP contribution in [0.25, 0.3) is 10.9 Å². The Kier molecular flexibility index (Phi) is 3.26. The summed E-state index contributed by atoms with van der Waals surface area (Å²) in [6.45, 7) is 1.40. The first kappa shape index (κ1) is 11.6. The lowest BCUT2D eigenvalue weighted by Crippen LogP contribution is -1.99. The zero-order chi connectivity index (χ0) is 11.7. The number of nitrogens with one attached hydrogen (secondary N) is 1. The number of H-pyrrole nitrogens is 1. The average Bonchev–Trinajstić information content (AvgIpc) is 2.64. The maximum Gasteiger partial charge on any atom is 0.130 e. The zero-order valence-corrected chi connectivity index (χ0v) is 10.1. The van der Waals surface area contributed by atoms with Crippen molar-refractivity contribution in [1.82, 2.24) is 4.98 Å².